The molecule has 4 nitrogen and oxygen atoms in total. The van der Waals surface area contributed by atoms with Gasteiger partial charge in [-0.05, 0) is 29.5 Å². The Morgan fingerprint density at radius 1 is 0.957 bits per heavy atom. The summed E-state index contributed by atoms with van der Waals surface area (Å²) >= 11 is 22.0. The first kappa shape index (κ1) is 20.4. The molecule has 0 fully saturated rings. The number of alkyl halides is 4. The number of aryl methyl sites for hydroxylation is 1. The largest absolute Gasteiger partial charge is 0.420 e. The predicted molar refractivity (Wildman–Crippen MR) is 92.1 cm³/mol. The van der Waals surface area contributed by atoms with Crippen LogP contribution >= 0.6 is 46.4 Å². The van der Waals surface area contributed by atoms with Gasteiger partial charge in [0.15, 0.2) is 11.5 Å². The molecule has 0 saturated carbocycles. The molecular formula is C15H16Cl4O4. The maximum atomic E-state index is 11.7. The van der Waals surface area contributed by atoms with E-state index < -0.39 is 21.6 Å². The lowest BCUT2D eigenvalue weighted by molar-refractivity contribution is -0.135. The molecule has 0 unspecified atom stereocenters. The van der Waals surface area contributed by atoms with Crippen molar-refractivity contribution in [3.63, 3.8) is 0 Å². The van der Waals surface area contributed by atoms with Crippen LogP contribution in [0.3, 0.4) is 0 Å². The molecule has 1 aromatic carbocycles. The summed E-state index contributed by atoms with van der Waals surface area (Å²) in [5, 5.41) is 0. The standard InChI is InChI=1S/C15H16Cl4O4/c1-7-5-8(15(2,3)4)6-9(22-13(20)11(16)17)10(7)23-14(21)12(18)19/h5-6,11-12H,1-4H3. The number of esters is 2. The molecule has 8 heteroatoms. The fraction of sp³-hybridized carbons (Fsp3) is 0.467. The van der Waals surface area contributed by atoms with Gasteiger partial charge in [-0.2, -0.15) is 0 Å². The van der Waals surface area contributed by atoms with Crippen molar-refractivity contribution in [1.29, 1.82) is 0 Å². The third-order valence-electron chi connectivity index (χ3n) is 2.88. The number of benzene rings is 1. The molecule has 1 aromatic rings. The molecule has 23 heavy (non-hydrogen) atoms. The number of rotatable bonds is 4. The molecule has 0 N–H and O–H groups in total. The van der Waals surface area contributed by atoms with Gasteiger partial charge in [-0.3, -0.25) is 0 Å². The Bertz CT molecular complexity index is 606. The maximum Gasteiger partial charge on any atom is 0.344 e. The predicted octanol–water partition coefficient (Wildman–Crippen LogP) is 4.71. The smallest absolute Gasteiger partial charge is 0.344 e. The zero-order valence-electron chi connectivity index (χ0n) is 13.0. The van der Waals surface area contributed by atoms with Gasteiger partial charge in [0.2, 0.25) is 9.67 Å². The van der Waals surface area contributed by atoms with Gasteiger partial charge in [-0.25, -0.2) is 9.59 Å². The molecule has 0 bridgehead atoms. The number of halogens is 4. The first-order valence-corrected chi connectivity index (χ1v) is 8.33. The quantitative estimate of drug-likeness (QED) is 0.416. The average Bonchev–Trinajstić information content (AvgIpc) is 2.40. The normalized spacial score (nSPS) is 11.7. The van der Waals surface area contributed by atoms with Crippen molar-refractivity contribution in [2.24, 2.45) is 0 Å². The summed E-state index contributed by atoms with van der Waals surface area (Å²) in [4.78, 5) is 20.6. The van der Waals surface area contributed by atoms with Gasteiger partial charge in [0.05, 0.1) is 0 Å². The third-order valence-corrected chi connectivity index (χ3v) is 3.59. The van der Waals surface area contributed by atoms with Gasteiger partial charge in [0, 0.05) is 0 Å². The van der Waals surface area contributed by atoms with Crippen molar-refractivity contribution >= 4 is 58.3 Å². The van der Waals surface area contributed by atoms with Crippen molar-refractivity contribution in [3.8, 4) is 11.5 Å². The number of ether oxygens (including phenoxy) is 2. The Hall–Kier alpha value is -0.680. The molecule has 1 rings (SSSR count). The summed E-state index contributed by atoms with van der Waals surface area (Å²) in [6.07, 6.45) is 0. The van der Waals surface area contributed by atoms with Crippen LogP contribution in [0.4, 0.5) is 0 Å². The van der Waals surface area contributed by atoms with Gasteiger partial charge < -0.3 is 9.47 Å². The van der Waals surface area contributed by atoms with E-state index in [0.29, 0.717) is 5.56 Å². The van der Waals surface area contributed by atoms with Crippen LogP contribution in [0.25, 0.3) is 0 Å². The van der Waals surface area contributed by atoms with Crippen LogP contribution in [0.15, 0.2) is 12.1 Å². The summed E-state index contributed by atoms with van der Waals surface area (Å²) in [5.41, 5.74) is 1.21. The zero-order valence-corrected chi connectivity index (χ0v) is 16.0. The lowest BCUT2D eigenvalue weighted by Crippen LogP contribution is -2.21. The van der Waals surface area contributed by atoms with Gasteiger partial charge in [0.25, 0.3) is 0 Å². The molecule has 0 aliphatic carbocycles. The monoisotopic (exact) mass is 400 g/mol. The molecule has 0 radical (unpaired) electrons. The average molecular weight is 402 g/mol. The second-order valence-electron chi connectivity index (χ2n) is 5.81. The fourth-order valence-corrected chi connectivity index (χ4v) is 1.86. The topological polar surface area (TPSA) is 52.6 Å². The maximum absolute atomic E-state index is 11.7. The minimum absolute atomic E-state index is 0.0218. The number of hydrogen-bond donors (Lipinski definition) is 0. The van der Waals surface area contributed by atoms with E-state index in [0.717, 1.165) is 5.56 Å². The van der Waals surface area contributed by atoms with E-state index in [4.69, 9.17) is 55.9 Å². The molecule has 0 aliphatic heterocycles. The molecule has 0 heterocycles. The molecule has 128 valence electrons. The first-order chi connectivity index (χ1) is 10.4. The van der Waals surface area contributed by atoms with E-state index in [2.05, 4.69) is 0 Å². The van der Waals surface area contributed by atoms with Crippen LogP contribution in [0.5, 0.6) is 11.5 Å². The van der Waals surface area contributed by atoms with E-state index in [9.17, 15) is 9.59 Å². The van der Waals surface area contributed by atoms with E-state index >= 15 is 0 Å². The molecular weight excluding hydrogens is 386 g/mol. The second kappa shape index (κ2) is 7.93. The molecule has 0 aliphatic rings. The highest BCUT2D eigenvalue weighted by Gasteiger charge is 2.25. The van der Waals surface area contributed by atoms with Gasteiger partial charge >= 0.3 is 11.9 Å². The first-order valence-electron chi connectivity index (χ1n) is 6.58. The SMILES string of the molecule is Cc1cc(C(C)(C)C)cc(OC(=O)C(Cl)Cl)c1OC(=O)C(Cl)Cl. The van der Waals surface area contributed by atoms with Crippen LogP contribution in [-0.2, 0) is 15.0 Å². The van der Waals surface area contributed by atoms with Gasteiger partial charge in [-0.15, -0.1) is 0 Å². The molecule has 0 spiro atoms. The highest BCUT2D eigenvalue weighted by molar-refractivity contribution is 6.53. The molecule has 0 amide bonds. The van der Waals surface area contributed by atoms with E-state index in [-0.39, 0.29) is 16.9 Å². The Labute approximate surface area is 154 Å². The minimum atomic E-state index is -1.37. The molecule has 0 saturated heterocycles. The van der Waals surface area contributed by atoms with E-state index in [1.807, 2.05) is 26.8 Å². The van der Waals surface area contributed by atoms with Crippen LogP contribution in [0, 0.1) is 6.92 Å². The van der Waals surface area contributed by atoms with Crippen molar-refractivity contribution in [2.75, 3.05) is 0 Å². The van der Waals surface area contributed by atoms with Crippen LogP contribution in [0.2, 0.25) is 0 Å². The minimum Gasteiger partial charge on any atom is -0.420 e. The summed E-state index contributed by atoms with van der Waals surface area (Å²) in [6, 6.07) is 3.40. The van der Waals surface area contributed by atoms with Crippen molar-refractivity contribution in [1.82, 2.24) is 0 Å². The summed E-state index contributed by atoms with van der Waals surface area (Å²) in [6.45, 7) is 7.65. The van der Waals surface area contributed by atoms with E-state index in [1.54, 1.807) is 13.0 Å². The Balaban J connectivity index is 3.36. The Kier molecular flexibility index (Phi) is 7.02. The number of carbonyl (C=O) groups excluding carboxylic acids is 2. The van der Waals surface area contributed by atoms with Crippen molar-refractivity contribution in [2.45, 2.75) is 42.8 Å². The summed E-state index contributed by atoms with van der Waals surface area (Å²) in [7, 11) is 0. The van der Waals surface area contributed by atoms with Crippen molar-refractivity contribution in [3.05, 3.63) is 23.3 Å². The number of carbonyl (C=O) groups is 2. The van der Waals surface area contributed by atoms with Crippen molar-refractivity contribution < 1.29 is 19.1 Å². The lowest BCUT2D eigenvalue weighted by Gasteiger charge is -2.22. The van der Waals surface area contributed by atoms with Crippen LogP contribution in [-0.4, -0.2) is 21.6 Å². The van der Waals surface area contributed by atoms with Gasteiger partial charge in [0.1, 0.15) is 0 Å². The summed E-state index contributed by atoms with van der Waals surface area (Å²) in [5.74, 6) is -1.71. The van der Waals surface area contributed by atoms with E-state index in [1.165, 1.54) is 0 Å². The highest BCUT2D eigenvalue weighted by atomic mass is 35.5. The number of hydrogen-bond acceptors (Lipinski definition) is 4. The highest BCUT2D eigenvalue weighted by Crippen LogP contribution is 2.37. The van der Waals surface area contributed by atoms with Crippen LogP contribution in [0.1, 0.15) is 31.9 Å². The second-order valence-corrected chi connectivity index (χ2v) is 8.01. The fourth-order valence-electron chi connectivity index (χ4n) is 1.68. The van der Waals surface area contributed by atoms with Gasteiger partial charge in [-0.1, -0.05) is 73.2 Å². The Morgan fingerprint density at radius 2 is 1.43 bits per heavy atom. The lowest BCUT2D eigenvalue weighted by atomic mass is 9.86. The summed E-state index contributed by atoms with van der Waals surface area (Å²) < 4.78 is 10.3. The Morgan fingerprint density at radius 3 is 1.87 bits per heavy atom. The zero-order chi connectivity index (χ0) is 17.9. The molecule has 0 atom stereocenters. The molecule has 0 aromatic heterocycles. The van der Waals surface area contributed by atoms with Crippen LogP contribution < -0.4 is 9.47 Å². The third kappa shape index (κ3) is 5.71.